The van der Waals surface area contributed by atoms with E-state index in [0.29, 0.717) is 5.91 Å². The number of piperidine rings is 1. The Kier molecular flexibility index (Phi) is 5.56. The Morgan fingerprint density at radius 2 is 2.30 bits per heavy atom. The van der Waals surface area contributed by atoms with Gasteiger partial charge in [0.25, 0.3) is 0 Å². The minimum atomic E-state index is 0.145. The quantitative estimate of drug-likeness (QED) is 0.803. The van der Waals surface area contributed by atoms with Crippen LogP contribution in [0.25, 0.3) is 0 Å². The molecule has 0 unspecified atom stereocenters. The van der Waals surface area contributed by atoms with Gasteiger partial charge in [-0.15, -0.1) is 5.10 Å². The van der Waals surface area contributed by atoms with Crippen molar-refractivity contribution in [3.63, 3.8) is 0 Å². The lowest BCUT2D eigenvalue weighted by atomic mass is 9.97. The predicted octanol–water partition coefficient (Wildman–Crippen LogP) is 2.49. The Bertz CT molecular complexity index is 404. The summed E-state index contributed by atoms with van der Waals surface area (Å²) < 4.78 is 1.84. The average molecular weight is 278 g/mol. The van der Waals surface area contributed by atoms with E-state index in [0.717, 1.165) is 45.2 Å². The van der Waals surface area contributed by atoms with Crippen LogP contribution < -0.4 is 0 Å². The maximum atomic E-state index is 12.6. The van der Waals surface area contributed by atoms with Gasteiger partial charge in [-0.3, -0.25) is 9.48 Å². The fourth-order valence-corrected chi connectivity index (χ4v) is 2.94. The van der Waals surface area contributed by atoms with E-state index in [2.05, 4.69) is 29.1 Å². The minimum Gasteiger partial charge on any atom is -0.338 e. The van der Waals surface area contributed by atoms with Gasteiger partial charge in [-0.2, -0.15) is 0 Å². The van der Waals surface area contributed by atoms with Crippen LogP contribution in [-0.4, -0.2) is 38.4 Å². The van der Waals surface area contributed by atoms with Crippen molar-refractivity contribution in [2.75, 3.05) is 6.54 Å². The highest BCUT2D eigenvalue weighted by molar-refractivity contribution is 5.78. The predicted molar refractivity (Wildman–Crippen MR) is 78.1 cm³/mol. The van der Waals surface area contributed by atoms with E-state index in [9.17, 15) is 4.79 Å². The highest BCUT2D eigenvalue weighted by atomic mass is 16.2. The molecule has 1 aliphatic heterocycles. The number of carbonyl (C=O) groups excluding carboxylic acids is 1. The Balaban J connectivity index is 1.97. The number of hydrogen-bond donors (Lipinski definition) is 0. The Morgan fingerprint density at radius 3 is 3.00 bits per heavy atom. The molecule has 1 aromatic heterocycles. The van der Waals surface area contributed by atoms with Gasteiger partial charge in [0.1, 0.15) is 0 Å². The monoisotopic (exact) mass is 278 g/mol. The van der Waals surface area contributed by atoms with Crippen molar-refractivity contribution in [3.05, 3.63) is 12.4 Å². The minimum absolute atomic E-state index is 0.145. The first-order valence-corrected chi connectivity index (χ1v) is 7.87. The molecule has 5 heteroatoms. The van der Waals surface area contributed by atoms with Crippen LogP contribution in [0.1, 0.15) is 52.4 Å². The molecule has 2 heterocycles. The molecule has 112 valence electrons. The van der Waals surface area contributed by atoms with E-state index in [-0.39, 0.29) is 12.0 Å². The summed E-state index contributed by atoms with van der Waals surface area (Å²) in [4.78, 5) is 14.7. The topological polar surface area (TPSA) is 51.0 Å². The molecular formula is C15H26N4O. The van der Waals surface area contributed by atoms with Crippen molar-refractivity contribution in [2.24, 2.45) is 5.92 Å². The van der Waals surface area contributed by atoms with Crippen molar-refractivity contribution in [1.29, 1.82) is 0 Å². The smallest absolute Gasteiger partial charge is 0.225 e. The molecule has 1 aliphatic rings. The molecule has 20 heavy (non-hydrogen) atoms. The fourth-order valence-electron chi connectivity index (χ4n) is 2.94. The van der Waals surface area contributed by atoms with Gasteiger partial charge in [0.2, 0.25) is 5.91 Å². The molecule has 2 atom stereocenters. The molecule has 0 bridgehead atoms. The lowest BCUT2D eigenvalue weighted by molar-refractivity contribution is -0.139. The number of hydrogen-bond acceptors (Lipinski definition) is 3. The van der Waals surface area contributed by atoms with Crippen molar-refractivity contribution >= 4 is 5.91 Å². The summed E-state index contributed by atoms with van der Waals surface area (Å²) in [7, 11) is 0. The number of aromatic nitrogens is 3. The van der Waals surface area contributed by atoms with Gasteiger partial charge in [0, 0.05) is 18.7 Å². The molecule has 1 amide bonds. The third kappa shape index (κ3) is 3.81. The zero-order chi connectivity index (χ0) is 14.4. The second kappa shape index (κ2) is 7.41. The molecule has 2 rings (SSSR count). The number of amides is 1. The number of carbonyl (C=O) groups is 1. The first-order valence-electron chi connectivity index (χ1n) is 7.87. The lowest BCUT2D eigenvalue weighted by Gasteiger charge is -2.37. The van der Waals surface area contributed by atoms with E-state index in [1.165, 1.54) is 6.42 Å². The molecule has 1 fully saturated rings. The van der Waals surface area contributed by atoms with Gasteiger partial charge in [-0.1, -0.05) is 31.9 Å². The summed E-state index contributed by atoms with van der Waals surface area (Å²) in [6.45, 7) is 5.91. The first-order chi connectivity index (χ1) is 9.72. The van der Waals surface area contributed by atoms with E-state index >= 15 is 0 Å². The highest BCUT2D eigenvalue weighted by Gasteiger charge is 2.29. The van der Waals surface area contributed by atoms with E-state index < -0.39 is 0 Å². The summed E-state index contributed by atoms with van der Waals surface area (Å²) >= 11 is 0. The van der Waals surface area contributed by atoms with E-state index in [1.54, 1.807) is 6.20 Å². The van der Waals surface area contributed by atoms with Crippen LogP contribution in [0.3, 0.4) is 0 Å². The molecule has 0 radical (unpaired) electrons. The Morgan fingerprint density at radius 1 is 1.45 bits per heavy atom. The molecule has 1 aromatic rings. The maximum Gasteiger partial charge on any atom is 0.225 e. The molecule has 0 spiro atoms. The molecule has 0 aromatic carbocycles. The van der Waals surface area contributed by atoms with Gasteiger partial charge in [0.15, 0.2) is 0 Å². The fraction of sp³-hybridized carbons (Fsp3) is 0.800. The largest absolute Gasteiger partial charge is 0.338 e. The molecule has 5 nitrogen and oxygen atoms in total. The maximum absolute atomic E-state index is 12.6. The third-order valence-electron chi connectivity index (χ3n) is 4.19. The summed E-state index contributed by atoms with van der Waals surface area (Å²) in [6.07, 6.45) is 10.3. The summed E-state index contributed by atoms with van der Waals surface area (Å²) in [6, 6.07) is 0.280. The second-order valence-electron chi connectivity index (χ2n) is 5.85. The van der Waals surface area contributed by atoms with Gasteiger partial charge >= 0.3 is 0 Å². The van der Waals surface area contributed by atoms with Crippen molar-refractivity contribution in [1.82, 2.24) is 19.9 Å². The van der Waals surface area contributed by atoms with Crippen molar-refractivity contribution in [3.8, 4) is 0 Å². The van der Waals surface area contributed by atoms with E-state index in [4.69, 9.17) is 0 Å². The van der Waals surface area contributed by atoms with Crippen LogP contribution in [-0.2, 0) is 11.3 Å². The van der Waals surface area contributed by atoms with Gasteiger partial charge < -0.3 is 4.90 Å². The van der Waals surface area contributed by atoms with Crippen LogP contribution in [0.4, 0.5) is 0 Å². The average Bonchev–Trinajstić information content (AvgIpc) is 2.97. The normalized spacial score (nSPS) is 20.9. The second-order valence-corrected chi connectivity index (χ2v) is 5.85. The highest BCUT2D eigenvalue weighted by Crippen LogP contribution is 2.22. The zero-order valence-corrected chi connectivity index (χ0v) is 12.7. The molecular weight excluding hydrogens is 252 g/mol. The molecule has 1 saturated heterocycles. The SMILES string of the molecule is CCCC[C@H](C)C(=O)N1CCCC[C@H]1Cn1ccnn1. The number of unbranched alkanes of at least 4 members (excludes halogenated alkanes) is 1. The van der Waals surface area contributed by atoms with Crippen molar-refractivity contribution in [2.45, 2.75) is 65.0 Å². The molecule has 0 N–H and O–H groups in total. The Labute approximate surface area is 121 Å². The van der Waals surface area contributed by atoms with Crippen LogP contribution in [0.2, 0.25) is 0 Å². The van der Waals surface area contributed by atoms with Crippen LogP contribution in [0, 0.1) is 5.92 Å². The molecule has 0 aliphatic carbocycles. The van der Waals surface area contributed by atoms with E-state index in [1.807, 2.05) is 10.9 Å². The number of rotatable bonds is 6. The van der Waals surface area contributed by atoms with Gasteiger partial charge in [-0.25, -0.2) is 0 Å². The standard InChI is InChI=1S/C15H26N4O/c1-3-4-7-13(2)15(20)19-10-6-5-8-14(19)12-18-11-9-16-17-18/h9,11,13-14H,3-8,10,12H2,1-2H3/t13-,14-/m0/s1. The zero-order valence-electron chi connectivity index (χ0n) is 12.7. The Hall–Kier alpha value is -1.39. The summed E-state index contributed by atoms with van der Waals surface area (Å²) in [5.41, 5.74) is 0. The number of likely N-dealkylation sites (tertiary alicyclic amines) is 1. The van der Waals surface area contributed by atoms with Crippen LogP contribution in [0.5, 0.6) is 0 Å². The summed E-state index contributed by atoms with van der Waals surface area (Å²) in [5, 5.41) is 7.87. The van der Waals surface area contributed by atoms with Crippen LogP contribution in [0.15, 0.2) is 12.4 Å². The molecule has 0 saturated carbocycles. The number of nitrogens with zero attached hydrogens (tertiary/aromatic N) is 4. The van der Waals surface area contributed by atoms with Crippen LogP contribution >= 0.6 is 0 Å². The third-order valence-corrected chi connectivity index (χ3v) is 4.19. The van der Waals surface area contributed by atoms with Gasteiger partial charge in [0.05, 0.1) is 18.8 Å². The van der Waals surface area contributed by atoms with Gasteiger partial charge in [-0.05, 0) is 25.7 Å². The lowest BCUT2D eigenvalue weighted by Crippen LogP contribution is -2.47. The van der Waals surface area contributed by atoms with Crippen molar-refractivity contribution < 1.29 is 4.79 Å². The first kappa shape index (κ1) is 15.0. The summed E-state index contributed by atoms with van der Waals surface area (Å²) in [5.74, 6) is 0.467.